The Labute approximate surface area is 135 Å². The summed E-state index contributed by atoms with van der Waals surface area (Å²) in [6, 6.07) is 11.7. The van der Waals surface area contributed by atoms with E-state index >= 15 is 0 Å². The molecule has 3 rings (SSSR count). The third-order valence-corrected chi connectivity index (χ3v) is 3.29. The first-order valence-electron chi connectivity index (χ1n) is 6.96. The number of hydrogen-bond acceptors (Lipinski definition) is 3. The summed E-state index contributed by atoms with van der Waals surface area (Å²) < 4.78 is 27.0. The second-order valence-corrected chi connectivity index (χ2v) is 4.89. The zero-order valence-corrected chi connectivity index (χ0v) is 12.2. The van der Waals surface area contributed by atoms with E-state index in [1.807, 2.05) is 5.32 Å². The van der Waals surface area contributed by atoms with Crippen molar-refractivity contribution < 1.29 is 18.4 Å². The molecule has 0 aliphatic heterocycles. The summed E-state index contributed by atoms with van der Waals surface area (Å²) >= 11 is 0. The smallest absolute Gasteiger partial charge is 0.314 e. The summed E-state index contributed by atoms with van der Waals surface area (Å²) in [6.45, 7) is 0. The van der Waals surface area contributed by atoms with Gasteiger partial charge in [0.25, 0.3) is 0 Å². The van der Waals surface area contributed by atoms with Crippen molar-refractivity contribution >= 4 is 34.1 Å². The largest absolute Gasteiger partial charge is 0.316 e. The maximum Gasteiger partial charge on any atom is 0.314 e. The minimum Gasteiger partial charge on any atom is -0.316 e. The minimum atomic E-state index is -1.19. The van der Waals surface area contributed by atoms with Crippen LogP contribution in [0.4, 0.5) is 20.2 Å². The Morgan fingerprint density at radius 3 is 2.21 bits per heavy atom. The number of benzene rings is 2. The van der Waals surface area contributed by atoms with Gasteiger partial charge in [0.1, 0.15) is 17.3 Å². The number of aromatic nitrogens is 1. The molecule has 0 atom stereocenters. The summed E-state index contributed by atoms with van der Waals surface area (Å²) in [5, 5.41) is 5.08. The number of nitrogens with zero attached hydrogens (tertiary/aromatic N) is 1. The molecule has 0 saturated carbocycles. The van der Waals surface area contributed by atoms with Crippen LogP contribution in [0, 0.1) is 11.6 Å². The lowest BCUT2D eigenvalue weighted by molar-refractivity contribution is -0.133. The quantitative estimate of drug-likeness (QED) is 0.711. The van der Waals surface area contributed by atoms with Gasteiger partial charge in [0.05, 0.1) is 11.2 Å². The highest BCUT2D eigenvalue weighted by atomic mass is 19.1. The van der Waals surface area contributed by atoms with E-state index in [0.717, 1.165) is 23.6 Å². The summed E-state index contributed by atoms with van der Waals surface area (Å²) in [5.74, 6) is -4.19. The van der Waals surface area contributed by atoms with Crippen LogP contribution in [0.5, 0.6) is 0 Å². The van der Waals surface area contributed by atoms with Gasteiger partial charge in [-0.25, -0.2) is 8.78 Å². The molecule has 0 fully saturated rings. The highest BCUT2D eigenvalue weighted by Gasteiger charge is 2.19. The standard InChI is InChI=1S/C17H11F2N3O2/c18-11-6-2-7-12(19)15(11)22-17(24)16(23)21-13-8-1-4-10-5-3-9-20-14(10)13/h1-9H,(H,21,23)(H,22,24). The topological polar surface area (TPSA) is 71.1 Å². The molecule has 0 aliphatic carbocycles. The van der Waals surface area contributed by atoms with E-state index in [-0.39, 0.29) is 0 Å². The lowest BCUT2D eigenvalue weighted by atomic mass is 10.2. The maximum absolute atomic E-state index is 13.5. The molecule has 5 nitrogen and oxygen atoms in total. The molecule has 0 spiro atoms. The van der Waals surface area contributed by atoms with Crippen molar-refractivity contribution in [3.63, 3.8) is 0 Å². The number of para-hydroxylation sites is 2. The molecule has 2 aromatic carbocycles. The number of pyridine rings is 1. The van der Waals surface area contributed by atoms with Gasteiger partial charge in [-0.3, -0.25) is 14.6 Å². The van der Waals surface area contributed by atoms with Gasteiger partial charge in [-0.1, -0.05) is 24.3 Å². The third-order valence-electron chi connectivity index (χ3n) is 3.29. The minimum absolute atomic E-state index is 0.322. The molecule has 24 heavy (non-hydrogen) atoms. The lowest BCUT2D eigenvalue weighted by Gasteiger charge is -2.09. The molecule has 0 unspecified atom stereocenters. The Bertz CT molecular complexity index is 919. The zero-order valence-electron chi connectivity index (χ0n) is 12.2. The number of amides is 2. The summed E-state index contributed by atoms with van der Waals surface area (Å²) in [4.78, 5) is 28.0. The zero-order chi connectivity index (χ0) is 17.1. The van der Waals surface area contributed by atoms with Crippen molar-refractivity contribution in [3.05, 3.63) is 66.4 Å². The molecular weight excluding hydrogens is 316 g/mol. The van der Waals surface area contributed by atoms with Gasteiger partial charge in [-0.2, -0.15) is 0 Å². The molecule has 1 aromatic heterocycles. The van der Waals surface area contributed by atoms with E-state index < -0.39 is 29.1 Å². The van der Waals surface area contributed by atoms with Crippen LogP contribution in [0.3, 0.4) is 0 Å². The number of fused-ring (bicyclic) bond motifs is 1. The Hall–Kier alpha value is -3.35. The van der Waals surface area contributed by atoms with Gasteiger partial charge < -0.3 is 10.6 Å². The fourth-order valence-electron chi connectivity index (χ4n) is 2.17. The van der Waals surface area contributed by atoms with Crippen molar-refractivity contribution in [1.29, 1.82) is 0 Å². The average molecular weight is 327 g/mol. The van der Waals surface area contributed by atoms with E-state index in [1.54, 1.807) is 36.5 Å². The predicted molar refractivity (Wildman–Crippen MR) is 85.4 cm³/mol. The summed E-state index contributed by atoms with van der Waals surface area (Å²) in [6.07, 6.45) is 1.55. The second-order valence-electron chi connectivity index (χ2n) is 4.89. The Morgan fingerprint density at radius 2 is 1.46 bits per heavy atom. The number of hydrogen-bond donors (Lipinski definition) is 2. The number of carbonyl (C=O) groups is 2. The first kappa shape index (κ1) is 15.5. The first-order chi connectivity index (χ1) is 11.6. The molecule has 0 saturated heterocycles. The average Bonchev–Trinajstić information content (AvgIpc) is 2.58. The van der Waals surface area contributed by atoms with Crippen LogP contribution in [0.1, 0.15) is 0 Å². The van der Waals surface area contributed by atoms with E-state index in [0.29, 0.717) is 11.2 Å². The van der Waals surface area contributed by atoms with Crippen molar-refractivity contribution in [2.75, 3.05) is 10.6 Å². The van der Waals surface area contributed by atoms with Crippen LogP contribution >= 0.6 is 0 Å². The monoisotopic (exact) mass is 327 g/mol. The van der Waals surface area contributed by atoms with E-state index in [1.165, 1.54) is 0 Å². The van der Waals surface area contributed by atoms with Gasteiger partial charge in [-0.15, -0.1) is 0 Å². The van der Waals surface area contributed by atoms with Gasteiger partial charge in [0, 0.05) is 11.6 Å². The molecule has 0 radical (unpaired) electrons. The number of rotatable bonds is 2. The summed E-state index contributed by atoms with van der Waals surface area (Å²) in [5.41, 5.74) is 0.147. The Morgan fingerprint density at radius 1 is 0.833 bits per heavy atom. The molecule has 7 heteroatoms. The van der Waals surface area contributed by atoms with Crippen molar-refractivity contribution in [3.8, 4) is 0 Å². The molecule has 0 aliphatic rings. The van der Waals surface area contributed by atoms with E-state index in [4.69, 9.17) is 0 Å². The van der Waals surface area contributed by atoms with Crippen LogP contribution < -0.4 is 10.6 Å². The molecular formula is C17H11F2N3O2. The van der Waals surface area contributed by atoms with Gasteiger partial charge in [0.2, 0.25) is 0 Å². The van der Waals surface area contributed by atoms with E-state index in [9.17, 15) is 18.4 Å². The van der Waals surface area contributed by atoms with Crippen molar-refractivity contribution in [2.45, 2.75) is 0 Å². The van der Waals surface area contributed by atoms with Crippen LogP contribution in [0.25, 0.3) is 10.9 Å². The van der Waals surface area contributed by atoms with Gasteiger partial charge >= 0.3 is 11.8 Å². The molecule has 0 bridgehead atoms. The van der Waals surface area contributed by atoms with Gasteiger partial charge in [-0.05, 0) is 24.3 Å². The SMILES string of the molecule is O=C(Nc1c(F)cccc1F)C(=O)Nc1cccc2cccnc12. The molecule has 120 valence electrons. The molecule has 2 N–H and O–H groups in total. The highest BCUT2D eigenvalue weighted by molar-refractivity contribution is 6.44. The fourth-order valence-corrected chi connectivity index (χ4v) is 2.17. The van der Waals surface area contributed by atoms with Crippen molar-refractivity contribution in [1.82, 2.24) is 4.98 Å². The maximum atomic E-state index is 13.5. The third kappa shape index (κ3) is 3.05. The van der Waals surface area contributed by atoms with Gasteiger partial charge in [0.15, 0.2) is 0 Å². The Balaban J connectivity index is 1.80. The normalized spacial score (nSPS) is 10.4. The number of halogens is 2. The number of nitrogens with one attached hydrogen (secondary N) is 2. The first-order valence-corrected chi connectivity index (χ1v) is 6.96. The predicted octanol–water partition coefficient (Wildman–Crippen LogP) is 3.09. The van der Waals surface area contributed by atoms with Crippen LogP contribution in [-0.2, 0) is 9.59 Å². The van der Waals surface area contributed by atoms with Crippen LogP contribution in [0.2, 0.25) is 0 Å². The van der Waals surface area contributed by atoms with Crippen LogP contribution in [-0.4, -0.2) is 16.8 Å². The summed E-state index contributed by atoms with van der Waals surface area (Å²) in [7, 11) is 0. The Kier molecular flexibility index (Phi) is 4.15. The van der Waals surface area contributed by atoms with Crippen LogP contribution in [0.15, 0.2) is 54.7 Å². The molecule has 2 amide bonds. The second kappa shape index (κ2) is 6.41. The lowest BCUT2D eigenvalue weighted by Crippen LogP contribution is -2.30. The fraction of sp³-hybridized carbons (Fsp3) is 0. The molecule has 1 heterocycles. The molecule has 3 aromatic rings. The number of anilines is 2. The highest BCUT2D eigenvalue weighted by Crippen LogP contribution is 2.21. The number of carbonyl (C=O) groups excluding carboxylic acids is 2. The van der Waals surface area contributed by atoms with Crippen molar-refractivity contribution in [2.24, 2.45) is 0 Å². The van der Waals surface area contributed by atoms with E-state index in [2.05, 4.69) is 10.3 Å².